The number of ether oxygens (including phenoxy) is 1. The van der Waals surface area contributed by atoms with Crippen LogP contribution < -0.4 is 5.32 Å². The molecule has 4 rings (SSSR count). The van der Waals surface area contributed by atoms with Crippen LogP contribution in [0.25, 0.3) is 11.5 Å². The van der Waals surface area contributed by atoms with Gasteiger partial charge < -0.3 is 19.5 Å². The zero-order valence-corrected chi connectivity index (χ0v) is 13.6. The normalized spacial score (nSPS) is 21.6. The van der Waals surface area contributed by atoms with Gasteiger partial charge in [-0.2, -0.15) is 4.98 Å². The average molecular weight is 328 g/mol. The van der Waals surface area contributed by atoms with E-state index in [0.717, 1.165) is 37.2 Å². The van der Waals surface area contributed by atoms with Crippen molar-refractivity contribution >= 4 is 11.6 Å². The Labute approximate surface area is 140 Å². The summed E-state index contributed by atoms with van der Waals surface area (Å²) in [5, 5.41) is 6.98. The van der Waals surface area contributed by atoms with Gasteiger partial charge in [0.15, 0.2) is 0 Å². The van der Waals surface area contributed by atoms with Crippen LogP contribution in [-0.4, -0.2) is 47.7 Å². The summed E-state index contributed by atoms with van der Waals surface area (Å²) in [4.78, 5) is 18.5. The van der Waals surface area contributed by atoms with E-state index in [0.29, 0.717) is 18.3 Å². The zero-order valence-electron chi connectivity index (χ0n) is 13.6. The number of nitrogens with zero attached hydrogens (tertiary/aromatic N) is 3. The molecule has 2 aliphatic rings. The first-order valence-corrected chi connectivity index (χ1v) is 8.24. The van der Waals surface area contributed by atoms with Crippen LogP contribution in [0.3, 0.4) is 0 Å². The molecule has 1 N–H and O–H groups in total. The second-order valence-electron chi connectivity index (χ2n) is 6.42. The summed E-state index contributed by atoms with van der Waals surface area (Å²) < 4.78 is 11.1. The van der Waals surface area contributed by atoms with Gasteiger partial charge in [0.25, 0.3) is 5.89 Å². The van der Waals surface area contributed by atoms with Crippen molar-refractivity contribution in [2.75, 3.05) is 32.1 Å². The van der Waals surface area contributed by atoms with Crippen LogP contribution in [0.15, 0.2) is 28.8 Å². The smallest absolute Gasteiger partial charge is 0.258 e. The van der Waals surface area contributed by atoms with Gasteiger partial charge in [-0.25, -0.2) is 0 Å². The molecule has 1 unspecified atom stereocenters. The molecule has 2 aromatic rings. The van der Waals surface area contributed by atoms with E-state index in [1.165, 1.54) is 0 Å². The average Bonchev–Trinajstić information content (AvgIpc) is 3.32. The Hall–Kier alpha value is -2.25. The van der Waals surface area contributed by atoms with Gasteiger partial charge >= 0.3 is 0 Å². The molecule has 7 nitrogen and oxygen atoms in total. The molecule has 2 fully saturated rings. The fourth-order valence-corrected chi connectivity index (χ4v) is 2.74. The Kier molecular flexibility index (Phi) is 4.03. The third kappa shape index (κ3) is 3.32. The third-order valence-electron chi connectivity index (χ3n) is 4.32. The minimum Gasteiger partial charge on any atom is -0.367 e. The number of likely N-dealkylation sites (N-methyl/N-ethyl adjacent to an activating group) is 1. The lowest BCUT2D eigenvalue weighted by Gasteiger charge is -2.27. The van der Waals surface area contributed by atoms with E-state index in [1.807, 2.05) is 31.3 Å². The Bertz CT molecular complexity index is 741. The van der Waals surface area contributed by atoms with Gasteiger partial charge in [0.2, 0.25) is 11.7 Å². The number of hydrogen-bond donors (Lipinski definition) is 1. The summed E-state index contributed by atoms with van der Waals surface area (Å²) in [6.45, 7) is 2.31. The number of aromatic nitrogens is 2. The molecular weight excluding hydrogens is 308 g/mol. The lowest BCUT2D eigenvalue weighted by molar-refractivity contribution is -0.117. The van der Waals surface area contributed by atoms with Gasteiger partial charge in [0, 0.05) is 30.3 Å². The maximum Gasteiger partial charge on any atom is 0.258 e. The summed E-state index contributed by atoms with van der Waals surface area (Å²) in [7, 11) is 2.04. The SMILES string of the molecule is CN1CCOC(c2noc(-c3cccc(NC(=O)C4CC4)c3)n2)C1. The zero-order chi connectivity index (χ0) is 16.5. The van der Waals surface area contributed by atoms with Crippen molar-refractivity contribution in [1.82, 2.24) is 15.0 Å². The summed E-state index contributed by atoms with van der Waals surface area (Å²) in [6, 6.07) is 7.47. The number of morpholine rings is 1. The second-order valence-corrected chi connectivity index (χ2v) is 6.42. The standard InChI is InChI=1S/C17H20N4O3/c1-21-7-8-23-14(10-21)15-19-17(24-20-15)12-3-2-4-13(9-12)18-16(22)11-5-6-11/h2-4,9,11,14H,5-8,10H2,1H3,(H,18,22). The maximum absolute atomic E-state index is 11.9. The molecule has 1 aliphatic heterocycles. The molecule has 1 aromatic carbocycles. The third-order valence-corrected chi connectivity index (χ3v) is 4.32. The summed E-state index contributed by atoms with van der Waals surface area (Å²) >= 11 is 0. The molecule has 1 amide bonds. The Morgan fingerprint density at radius 1 is 1.38 bits per heavy atom. The predicted molar refractivity (Wildman–Crippen MR) is 87.3 cm³/mol. The summed E-state index contributed by atoms with van der Waals surface area (Å²) in [5.74, 6) is 1.24. The van der Waals surface area contributed by atoms with E-state index >= 15 is 0 Å². The second kappa shape index (κ2) is 6.33. The van der Waals surface area contributed by atoms with Crippen molar-refractivity contribution in [2.45, 2.75) is 18.9 Å². The Balaban J connectivity index is 1.50. The van der Waals surface area contributed by atoms with Crippen molar-refractivity contribution < 1.29 is 14.1 Å². The van der Waals surface area contributed by atoms with Crippen molar-refractivity contribution in [3.8, 4) is 11.5 Å². The number of carbonyl (C=O) groups excluding carboxylic acids is 1. The van der Waals surface area contributed by atoms with E-state index < -0.39 is 0 Å². The first kappa shape index (κ1) is 15.3. The molecule has 0 spiro atoms. The van der Waals surface area contributed by atoms with E-state index in [-0.39, 0.29) is 17.9 Å². The molecule has 7 heteroatoms. The fourth-order valence-electron chi connectivity index (χ4n) is 2.74. The summed E-state index contributed by atoms with van der Waals surface area (Å²) in [5.41, 5.74) is 1.53. The minimum atomic E-state index is -0.168. The van der Waals surface area contributed by atoms with Gasteiger partial charge in [-0.05, 0) is 38.1 Å². The quantitative estimate of drug-likeness (QED) is 0.925. The number of nitrogens with one attached hydrogen (secondary N) is 1. The van der Waals surface area contributed by atoms with Crippen LogP contribution in [0, 0.1) is 5.92 Å². The van der Waals surface area contributed by atoms with Crippen LogP contribution >= 0.6 is 0 Å². The van der Waals surface area contributed by atoms with Crippen LogP contribution in [0.1, 0.15) is 24.8 Å². The van der Waals surface area contributed by atoms with Gasteiger partial charge in [-0.15, -0.1) is 0 Å². The molecule has 2 heterocycles. The van der Waals surface area contributed by atoms with E-state index in [9.17, 15) is 4.79 Å². The maximum atomic E-state index is 11.9. The van der Waals surface area contributed by atoms with Crippen molar-refractivity contribution in [3.63, 3.8) is 0 Å². The molecule has 126 valence electrons. The van der Waals surface area contributed by atoms with E-state index in [2.05, 4.69) is 20.4 Å². The van der Waals surface area contributed by atoms with Crippen LogP contribution in [0.4, 0.5) is 5.69 Å². The van der Waals surface area contributed by atoms with Crippen LogP contribution in [-0.2, 0) is 9.53 Å². The van der Waals surface area contributed by atoms with Crippen molar-refractivity contribution in [1.29, 1.82) is 0 Å². The highest BCUT2D eigenvalue weighted by molar-refractivity contribution is 5.94. The highest BCUT2D eigenvalue weighted by Crippen LogP contribution is 2.31. The monoisotopic (exact) mass is 328 g/mol. The number of benzene rings is 1. The van der Waals surface area contributed by atoms with E-state index in [1.54, 1.807) is 0 Å². The van der Waals surface area contributed by atoms with Crippen molar-refractivity contribution in [3.05, 3.63) is 30.1 Å². The Morgan fingerprint density at radius 2 is 2.25 bits per heavy atom. The largest absolute Gasteiger partial charge is 0.367 e. The lowest BCUT2D eigenvalue weighted by Crippen LogP contribution is -2.35. The predicted octanol–water partition coefficient (Wildman–Crippen LogP) is 2.09. The molecule has 1 saturated heterocycles. The topological polar surface area (TPSA) is 80.5 Å². The molecule has 1 atom stereocenters. The highest BCUT2D eigenvalue weighted by atomic mass is 16.5. The van der Waals surface area contributed by atoms with Gasteiger partial charge in [-0.1, -0.05) is 11.2 Å². The molecule has 24 heavy (non-hydrogen) atoms. The first-order chi connectivity index (χ1) is 11.7. The van der Waals surface area contributed by atoms with Gasteiger partial charge in [-0.3, -0.25) is 4.79 Å². The van der Waals surface area contributed by atoms with Crippen molar-refractivity contribution in [2.24, 2.45) is 5.92 Å². The highest BCUT2D eigenvalue weighted by Gasteiger charge is 2.29. The number of hydrogen-bond acceptors (Lipinski definition) is 6. The fraction of sp³-hybridized carbons (Fsp3) is 0.471. The molecular formula is C17H20N4O3. The number of amides is 1. The Morgan fingerprint density at radius 3 is 3.04 bits per heavy atom. The lowest BCUT2D eigenvalue weighted by atomic mass is 10.2. The van der Waals surface area contributed by atoms with Gasteiger partial charge in [0.1, 0.15) is 6.10 Å². The number of anilines is 1. The number of carbonyl (C=O) groups is 1. The minimum absolute atomic E-state index is 0.0806. The first-order valence-electron chi connectivity index (χ1n) is 8.24. The molecule has 1 aromatic heterocycles. The molecule has 0 bridgehead atoms. The molecule has 1 aliphatic carbocycles. The number of rotatable bonds is 4. The van der Waals surface area contributed by atoms with Crippen LogP contribution in [0.5, 0.6) is 0 Å². The van der Waals surface area contributed by atoms with Gasteiger partial charge in [0.05, 0.1) is 6.61 Å². The molecule has 0 radical (unpaired) electrons. The summed E-state index contributed by atoms with van der Waals surface area (Å²) in [6.07, 6.45) is 1.79. The molecule has 1 saturated carbocycles. The van der Waals surface area contributed by atoms with Crippen LogP contribution in [0.2, 0.25) is 0 Å². The van der Waals surface area contributed by atoms with E-state index in [4.69, 9.17) is 9.26 Å².